The Morgan fingerprint density at radius 1 is 1.11 bits per heavy atom. The number of carbonyl (C=O) groups is 3. The average Bonchev–Trinajstić information content (AvgIpc) is 2.34. The maximum atomic E-state index is 12.2. The summed E-state index contributed by atoms with van der Waals surface area (Å²) in [5.41, 5.74) is 0. The largest absolute Gasteiger partial charge is 0.480 e. The Labute approximate surface area is 113 Å². The molecule has 0 aliphatic heterocycles. The van der Waals surface area contributed by atoms with Gasteiger partial charge in [-0.1, -0.05) is 6.92 Å². The van der Waals surface area contributed by atoms with Crippen LogP contribution in [0.25, 0.3) is 0 Å². The van der Waals surface area contributed by atoms with Gasteiger partial charge in [0.2, 0.25) is 5.91 Å². The van der Waals surface area contributed by atoms with E-state index in [1.54, 1.807) is 27.9 Å². The highest BCUT2D eigenvalue weighted by atomic mass is 16.4. The molecule has 0 aromatic heterocycles. The van der Waals surface area contributed by atoms with E-state index in [0.717, 1.165) is 4.90 Å². The number of hydrogen-bond donors (Lipinski definition) is 1. The second-order valence-corrected chi connectivity index (χ2v) is 4.46. The van der Waals surface area contributed by atoms with E-state index in [4.69, 9.17) is 5.11 Å². The van der Waals surface area contributed by atoms with E-state index in [1.165, 1.54) is 16.8 Å². The van der Waals surface area contributed by atoms with E-state index in [9.17, 15) is 14.4 Å². The van der Waals surface area contributed by atoms with Crippen LogP contribution in [0.3, 0.4) is 0 Å². The molecule has 0 aliphatic rings. The number of nitrogens with zero attached hydrogens (tertiary/aromatic N) is 3. The highest BCUT2D eigenvalue weighted by Crippen LogP contribution is 2.06. The number of carbonyl (C=O) groups excluding carboxylic acids is 2. The Morgan fingerprint density at radius 2 is 1.63 bits per heavy atom. The van der Waals surface area contributed by atoms with Gasteiger partial charge in [-0.3, -0.25) is 4.79 Å². The smallest absolute Gasteiger partial charge is 0.326 e. The predicted molar refractivity (Wildman–Crippen MR) is 70.8 cm³/mol. The molecule has 0 saturated heterocycles. The molecular weight excluding hydrogens is 250 g/mol. The minimum atomic E-state index is -1.05. The van der Waals surface area contributed by atoms with Crippen molar-refractivity contribution in [1.82, 2.24) is 14.7 Å². The lowest BCUT2D eigenvalue weighted by Crippen LogP contribution is -2.51. The van der Waals surface area contributed by atoms with E-state index in [-0.39, 0.29) is 12.5 Å². The number of carboxylic acids is 1. The maximum absolute atomic E-state index is 12.2. The first kappa shape index (κ1) is 17.2. The van der Waals surface area contributed by atoms with Crippen LogP contribution in [0.15, 0.2) is 0 Å². The highest BCUT2D eigenvalue weighted by Gasteiger charge is 2.28. The summed E-state index contributed by atoms with van der Waals surface area (Å²) in [6.07, 6.45) is 0.316. The van der Waals surface area contributed by atoms with Gasteiger partial charge < -0.3 is 19.8 Å². The first-order valence-electron chi connectivity index (χ1n) is 6.20. The van der Waals surface area contributed by atoms with Gasteiger partial charge >= 0.3 is 12.0 Å². The molecule has 1 atom stereocenters. The second-order valence-electron chi connectivity index (χ2n) is 4.46. The van der Waals surface area contributed by atoms with Gasteiger partial charge in [0.1, 0.15) is 12.6 Å². The fraction of sp³-hybridized carbons (Fsp3) is 0.750. The molecule has 110 valence electrons. The number of aliphatic carboxylic acids is 1. The fourth-order valence-corrected chi connectivity index (χ4v) is 1.59. The van der Waals surface area contributed by atoms with E-state index >= 15 is 0 Å². The van der Waals surface area contributed by atoms with Crippen LogP contribution in [0, 0.1) is 0 Å². The first-order valence-corrected chi connectivity index (χ1v) is 6.20. The topological polar surface area (TPSA) is 81.2 Å². The Kier molecular flexibility index (Phi) is 6.89. The van der Waals surface area contributed by atoms with E-state index in [2.05, 4.69) is 0 Å². The van der Waals surface area contributed by atoms with Crippen molar-refractivity contribution in [2.45, 2.75) is 26.3 Å². The third kappa shape index (κ3) is 4.76. The van der Waals surface area contributed by atoms with Crippen molar-refractivity contribution >= 4 is 17.9 Å². The van der Waals surface area contributed by atoms with Gasteiger partial charge in [0.15, 0.2) is 0 Å². The van der Waals surface area contributed by atoms with Crippen LogP contribution in [0.1, 0.15) is 20.3 Å². The third-order valence-corrected chi connectivity index (χ3v) is 2.92. The zero-order valence-corrected chi connectivity index (χ0v) is 12.2. The minimum Gasteiger partial charge on any atom is -0.480 e. The highest BCUT2D eigenvalue weighted by molar-refractivity contribution is 5.86. The van der Waals surface area contributed by atoms with Gasteiger partial charge in [-0.25, -0.2) is 9.59 Å². The normalized spacial score (nSPS) is 11.6. The van der Waals surface area contributed by atoms with Crippen LogP contribution in [0.2, 0.25) is 0 Å². The van der Waals surface area contributed by atoms with Crippen LogP contribution >= 0.6 is 0 Å². The summed E-state index contributed by atoms with van der Waals surface area (Å²) in [5.74, 6) is -1.25. The standard InChI is InChI=1S/C12H23N3O4/c1-6-9(11(17)18)14(5)12(19)15(7-2)8-10(16)13(3)4/h9H,6-8H2,1-5H3,(H,17,18). The lowest BCUT2D eigenvalue weighted by atomic mass is 10.2. The number of urea groups is 1. The van der Waals surface area contributed by atoms with Crippen LogP contribution in [0.4, 0.5) is 4.79 Å². The molecule has 0 saturated carbocycles. The van der Waals surface area contributed by atoms with Crippen molar-refractivity contribution < 1.29 is 19.5 Å². The van der Waals surface area contributed by atoms with Gasteiger partial charge in [-0.15, -0.1) is 0 Å². The van der Waals surface area contributed by atoms with Crippen LogP contribution in [-0.4, -0.2) is 78.0 Å². The van der Waals surface area contributed by atoms with Crippen molar-refractivity contribution in [2.75, 3.05) is 34.2 Å². The number of rotatable bonds is 6. The molecule has 1 N–H and O–H groups in total. The average molecular weight is 273 g/mol. The van der Waals surface area contributed by atoms with Gasteiger partial charge in [0.05, 0.1) is 0 Å². The number of amides is 3. The number of carboxylic acid groups (broad SMARTS) is 1. The summed E-state index contributed by atoms with van der Waals surface area (Å²) in [6.45, 7) is 3.74. The lowest BCUT2D eigenvalue weighted by Gasteiger charge is -2.30. The van der Waals surface area contributed by atoms with Crippen LogP contribution in [0.5, 0.6) is 0 Å². The molecule has 0 heterocycles. The molecule has 0 rings (SSSR count). The molecule has 0 radical (unpaired) electrons. The molecule has 0 bridgehead atoms. The van der Waals surface area contributed by atoms with Gasteiger partial charge in [-0.2, -0.15) is 0 Å². The molecule has 0 spiro atoms. The van der Waals surface area contributed by atoms with Gasteiger partial charge in [0.25, 0.3) is 0 Å². The van der Waals surface area contributed by atoms with Crippen molar-refractivity contribution in [3.63, 3.8) is 0 Å². The van der Waals surface area contributed by atoms with Gasteiger partial charge in [-0.05, 0) is 13.3 Å². The molecule has 1 unspecified atom stereocenters. The Hall–Kier alpha value is -1.79. The summed E-state index contributed by atoms with van der Waals surface area (Å²) in [4.78, 5) is 38.7. The van der Waals surface area contributed by atoms with Crippen LogP contribution < -0.4 is 0 Å². The zero-order valence-electron chi connectivity index (χ0n) is 12.2. The number of hydrogen-bond acceptors (Lipinski definition) is 3. The summed E-state index contributed by atoms with van der Waals surface area (Å²) < 4.78 is 0. The summed E-state index contributed by atoms with van der Waals surface area (Å²) >= 11 is 0. The Morgan fingerprint density at radius 3 is 1.95 bits per heavy atom. The van der Waals surface area contributed by atoms with Crippen LogP contribution in [-0.2, 0) is 9.59 Å². The molecule has 7 nitrogen and oxygen atoms in total. The molecule has 3 amide bonds. The monoisotopic (exact) mass is 273 g/mol. The summed E-state index contributed by atoms with van der Waals surface area (Å²) in [7, 11) is 4.65. The van der Waals surface area contributed by atoms with E-state index < -0.39 is 18.0 Å². The predicted octanol–water partition coefficient (Wildman–Crippen LogP) is 0.312. The minimum absolute atomic E-state index is 0.0529. The van der Waals surface area contributed by atoms with E-state index in [0.29, 0.717) is 13.0 Å². The molecule has 0 fully saturated rings. The molecular formula is C12H23N3O4. The summed E-state index contributed by atoms with van der Waals surface area (Å²) in [6, 6.07) is -1.33. The van der Waals surface area contributed by atoms with Crippen molar-refractivity contribution in [2.24, 2.45) is 0 Å². The second kappa shape index (κ2) is 7.60. The third-order valence-electron chi connectivity index (χ3n) is 2.92. The quantitative estimate of drug-likeness (QED) is 0.755. The van der Waals surface area contributed by atoms with Crippen molar-refractivity contribution in [3.05, 3.63) is 0 Å². The molecule has 0 aromatic rings. The molecule has 0 aromatic carbocycles. The fourth-order valence-electron chi connectivity index (χ4n) is 1.59. The Balaban J connectivity index is 4.83. The first-order chi connectivity index (χ1) is 8.76. The molecule has 0 aliphatic carbocycles. The lowest BCUT2D eigenvalue weighted by molar-refractivity contribution is -0.142. The molecule has 7 heteroatoms. The Bertz CT molecular complexity index is 344. The molecule has 19 heavy (non-hydrogen) atoms. The number of likely N-dealkylation sites (N-methyl/N-ethyl adjacent to an activating group) is 3. The summed E-state index contributed by atoms with van der Waals surface area (Å²) in [5, 5.41) is 9.03. The van der Waals surface area contributed by atoms with Crippen molar-refractivity contribution in [1.29, 1.82) is 0 Å². The maximum Gasteiger partial charge on any atom is 0.326 e. The van der Waals surface area contributed by atoms with E-state index in [1.807, 2.05) is 0 Å². The van der Waals surface area contributed by atoms with Crippen molar-refractivity contribution in [3.8, 4) is 0 Å². The SMILES string of the molecule is CCC(C(=O)O)N(C)C(=O)N(CC)CC(=O)N(C)C. The zero-order chi connectivity index (χ0) is 15.2. The van der Waals surface area contributed by atoms with Gasteiger partial charge in [0, 0.05) is 27.7 Å².